The Bertz CT molecular complexity index is 1470. The van der Waals surface area contributed by atoms with Crippen LogP contribution in [0.15, 0.2) is 59.5 Å². The van der Waals surface area contributed by atoms with Crippen molar-refractivity contribution in [2.24, 2.45) is 0 Å². The maximum atomic E-state index is 13.4. The summed E-state index contributed by atoms with van der Waals surface area (Å²) in [4.78, 5) is 14.0. The van der Waals surface area contributed by atoms with Crippen molar-refractivity contribution < 1.29 is 32.9 Å². The number of anilines is 1. The third-order valence-electron chi connectivity index (χ3n) is 7.18. The second kappa shape index (κ2) is 11.6. The van der Waals surface area contributed by atoms with Crippen LogP contribution >= 0.6 is 0 Å². The predicted octanol–water partition coefficient (Wildman–Crippen LogP) is 4.15. The molecule has 39 heavy (non-hydrogen) atoms. The highest BCUT2D eigenvalue weighted by Crippen LogP contribution is 2.34. The number of carboxylic acid groups (broad SMARTS) is 1. The highest BCUT2D eigenvalue weighted by Gasteiger charge is 2.22. The molecule has 0 bridgehead atoms. The molecule has 3 N–H and O–H groups in total. The molecule has 0 amide bonds. The maximum Gasteiger partial charge on any atom is 0.339 e. The quantitative estimate of drug-likeness (QED) is 0.321. The minimum absolute atomic E-state index is 0.0665. The fraction of sp³-hybridized carbons (Fsp3) is 0.345. The van der Waals surface area contributed by atoms with Crippen molar-refractivity contribution in [3.8, 4) is 22.6 Å². The number of aromatic hydroxyl groups is 1. The van der Waals surface area contributed by atoms with E-state index < -0.39 is 21.7 Å². The van der Waals surface area contributed by atoms with Gasteiger partial charge in [-0.05, 0) is 78.9 Å². The number of hydrogen-bond donors (Lipinski definition) is 3. The Morgan fingerprint density at radius 1 is 0.974 bits per heavy atom. The van der Waals surface area contributed by atoms with E-state index in [0.717, 1.165) is 54.9 Å². The zero-order valence-corrected chi connectivity index (χ0v) is 22.4. The number of sulfonamides is 1. The standard InChI is InChI=1S/C29H32N2O7S/c32-28-24(6-1-2-12-31-13-16-37-17-14-31)26(9-8-25(28)29(33)34)30-39(35,36)23-5-3-4-20(19-23)21-7-10-27-22(18-21)11-15-38-27/h3-5,7-10,18-19,30,32H,1-2,6,11-17H2,(H,33,34). The fourth-order valence-corrected chi connectivity index (χ4v) is 6.17. The predicted molar refractivity (Wildman–Crippen MR) is 147 cm³/mol. The zero-order valence-electron chi connectivity index (χ0n) is 21.6. The van der Waals surface area contributed by atoms with Crippen molar-refractivity contribution in [3.63, 3.8) is 0 Å². The summed E-state index contributed by atoms with van der Waals surface area (Å²) in [5.41, 5.74) is 2.91. The third-order valence-corrected chi connectivity index (χ3v) is 8.54. The Hall–Kier alpha value is -3.60. The van der Waals surface area contributed by atoms with Gasteiger partial charge in [-0.1, -0.05) is 18.2 Å². The van der Waals surface area contributed by atoms with Gasteiger partial charge in [-0.25, -0.2) is 13.2 Å². The summed E-state index contributed by atoms with van der Waals surface area (Å²) in [5.74, 6) is -0.835. The van der Waals surface area contributed by atoms with Gasteiger partial charge in [0.2, 0.25) is 0 Å². The normalized spacial score (nSPS) is 15.5. The number of unbranched alkanes of at least 4 members (excludes halogenated alkanes) is 1. The number of carbonyl (C=O) groups is 1. The topological polar surface area (TPSA) is 125 Å². The fourth-order valence-electron chi connectivity index (χ4n) is 5.03. The summed E-state index contributed by atoms with van der Waals surface area (Å²) < 4.78 is 40.4. The van der Waals surface area contributed by atoms with Crippen LogP contribution in [0.4, 0.5) is 5.69 Å². The summed E-state index contributed by atoms with van der Waals surface area (Å²) in [6.07, 6.45) is 2.61. The van der Waals surface area contributed by atoms with E-state index >= 15 is 0 Å². The molecule has 1 saturated heterocycles. The van der Waals surface area contributed by atoms with Crippen molar-refractivity contribution in [3.05, 3.63) is 71.3 Å². The molecule has 10 heteroatoms. The number of fused-ring (bicyclic) bond motifs is 1. The molecule has 3 aromatic carbocycles. The van der Waals surface area contributed by atoms with Crippen molar-refractivity contribution >= 4 is 21.7 Å². The Balaban J connectivity index is 1.36. The number of benzene rings is 3. The number of nitrogens with zero attached hydrogens (tertiary/aromatic N) is 1. The molecule has 0 radical (unpaired) electrons. The number of phenols is 1. The van der Waals surface area contributed by atoms with Crippen LogP contribution in [0.1, 0.15) is 34.3 Å². The number of nitrogens with one attached hydrogen (secondary N) is 1. The Morgan fingerprint density at radius 3 is 2.56 bits per heavy atom. The molecule has 5 rings (SSSR count). The molecule has 0 unspecified atom stereocenters. The average Bonchev–Trinajstić information content (AvgIpc) is 3.41. The van der Waals surface area contributed by atoms with Crippen molar-refractivity contribution in [1.82, 2.24) is 4.90 Å². The van der Waals surface area contributed by atoms with Crippen molar-refractivity contribution in [2.45, 2.75) is 30.6 Å². The van der Waals surface area contributed by atoms with Crippen molar-refractivity contribution in [1.29, 1.82) is 0 Å². The molecule has 1 fully saturated rings. The van der Waals surface area contributed by atoms with Gasteiger partial charge >= 0.3 is 5.97 Å². The van der Waals surface area contributed by atoms with E-state index in [4.69, 9.17) is 9.47 Å². The van der Waals surface area contributed by atoms with Gasteiger partial charge in [0.1, 0.15) is 17.1 Å². The van der Waals surface area contributed by atoms with Gasteiger partial charge in [0.25, 0.3) is 10.0 Å². The first-order chi connectivity index (χ1) is 18.8. The molecule has 0 spiro atoms. The number of ether oxygens (including phenoxy) is 2. The molecule has 0 aliphatic carbocycles. The van der Waals surface area contributed by atoms with Crippen LogP contribution in [0, 0.1) is 0 Å². The van der Waals surface area contributed by atoms with Gasteiger partial charge < -0.3 is 19.7 Å². The monoisotopic (exact) mass is 552 g/mol. The molecule has 0 saturated carbocycles. The average molecular weight is 553 g/mol. The summed E-state index contributed by atoms with van der Waals surface area (Å²) in [7, 11) is -4.03. The van der Waals surface area contributed by atoms with E-state index in [1.165, 1.54) is 18.2 Å². The van der Waals surface area contributed by atoms with E-state index in [0.29, 0.717) is 32.7 Å². The van der Waals surface area contributed by atoms with Crippen LogP contribution in [-0.2, 0) is 27.6 Å². The second-order valence-electron chi connectivity index (χ2n) is 9.76. The maximum absolute atomic E-state index is 13.4. The van der Waals surface area contributed by atoms with Crippen LogP contribution in [0.3, 0.4) is 0 Å². The van der Waals surface area contributed by atoms with E-state index in [1.54, 1.807) is 12.1 Å². The van der Waals surface area contributed by atoms with Gasteiger partial charge in [0.05, 0.1) is 30.4 Å². The van der Waals surface area contributed by atoms with Crippen LogP contribution in [0.5, 0.6) is 11.5 Å². The molecule has 0 atom stereocenters. The van der Waals surface area contributed by atoms with Crippen LogP contribution in [-0.4, -0.2) is 69.0 Å². The van der Waals surface area contributed by atoms with E-state index in [9.17, 15) is 23.4 Å². The van der Waals surface area contributed by atoms with Crippen LogP contribution < -0.4 is 9.46 Å². The number of rotatable bonds is 10. The lowest BCUT2D eigenvalue weighted by Crippen LogP contribution is -2.36. The Labute approximate surface area is 228 Å². The van der Waals surface area contributed by atoms with E-state index in [1.807, 2.05) is 24.3 Å². The molecule has 2 aliphatic heterocycles. The Kier molecular flexibility index (Phi) is 8.06. The van der Waals surface area contributed by atoms with E-state index in [2.05, 4.69) is 9.62 Å². The highest BCUT2D eigenvalue weighted by molar-refractivity contribution is 7.92. The first kappa shape index (κ1) is 27.0. The summed E-state index contributed by atoms with van der Waals surface area (Å²) in [6.45, 7) is 4.63. The van der Waals surface area contributed by atoms with E-state index in [-0.39, 0.29) is 21.7 Å². The lowest BCUT2D eigenvalue weighted by atomic mass is 10.0. The summed E-state index contributed by atoms with van der Waals surface area (Å²) in [5, 5.41) is 20.3. The summed E-state index contributed by atoms with van der Waals surface area (Å²) >= 11 is 0. The third kappa shape index (κ3) is 6.19. The SMILES string of the molecule is O=C(O)c1ccc(NS(=O)(=O)c2cccc(-c3ccc4c(c3)CCO4)c2)c(CCCCN2CCOCC2)c1O. The highest BCUT2D eigenvalue weighted by atomic mass is 32.2. The minimum atomic E-state index is -4.03. The van der Waals surface area contributed by atoms with Gasteiger partial charge in [0.15, 0.2) is 0 Å². The van der Waals surface area contributed by atoms with Gasteiger partial charge in [0, 0.05) is 25.1 Å². The molecular formula is C29H32N2O7S. The molecule has 206 valence electrons. The molecule has 0 aromatic heterocycles. The zero-order chi connectivity index (χ0) is 27.4. The van der Waals surface area contributed by atoms with Gasteiger partial charge in [-0.2, -0.15) is 0 Å². The van der Waals surface area contributed by atoms with Crippen LogP contribution in [0.2, 0.25) is 0 Å². The van der Waals surface area contributed by atoms with Gasteiger partial charge in [-0.3, -0.25) is 9.62 Å². The number of aromatic carboxylic acids is 1. The lowest BCUT2D eigenvalue weighted by molar-refractivity contribution is 0.0372. The molecule has 2 heterocycles. The molecule has 2 aliphatic rings. The number of carboxylic acids is 1. The summed E-state index contributed by atoms with van der Waals surface area (Å²) in [6, 6.07) is 15.1. The first-order valence-electron chi connectivity index (χ1n) is 13.1. The number of hydrogen-bond acceptors (Lipinski definition) is 7. The number of morpholine rings is 1. The molecule has 9 nitrogen and oxygen atoms in total. The van der Waals surface area contributed by atoms with Crippen molar-refractivity contribution in [2.75, 3.05) is 44.2 Å². The largest absolute Gasteiger partial charge is 0.507 e. The minimum Gasteiger partial charge on any atom is -0.507 e. The second-order valence-corrected chi connectivity index (χ2v) is 11.4. The first-order valence-corrected chi connectivity index (χ1v) is 14.6. The Morgan fingerprint density at radius 2 is 1.77 bits per heavy atom. The molecular weight excluding hydrogens is 520 g/mol. The van der Waals surface area contributed by atoms with Gasteiger partial charge in [-0.15, -0.1) is 0 Å². The lowest BCUT2D eigenvalue weighted by Gasteiger charge is -2.26. The van der Waals surface area contributed by atoms with Crippen LogP contribution in [0.25, 0.3) is 11.1 Å². The smallest absolute Gasteiger partial charge is 0.339 e. The molecule has 3 aromatic rings.